The summed E-state index contributed by atoms with van der Waals surface area (Å²) in [4.78, 5) is 21.4. The van der Waals surface area contributed by atoms with Gasteiger partial charge in [-0.2, -0.15) is 0 Å². The zero-order chi connectivity index (χ0) is 9.42. The fraction of sp³-hybridized carbons (Fsp3) is 0. The van der Waals surface area contributed by atoms with Crippen molar-refractivity contribution in [2.45, 2.75) is 0 Å². The summed E-state index contributed by atoms with van der Waals surface area (Å²) in [5.74, 6) is 0. The van der Waals surface area contributed by atoms with Crippen LogP contribution in [0.25, 0.3) is 0 Å². The van der Waals surface area contributed by atoms with Gasteiger partial charge >= 0.3 is 5.70 Å². The lowest BCUT2D eigenvalue weighted by Gasteiger charge is -2.03. The number of nitro groups is 1. The highest BCUT2D eigenvalue weighted by molar-refractivity contribution is 7.82. The van der Waals surface area contributed by atoms with Gasteiger partial charge in [-0.05, 0) is 0 Å². The molecule has 6 nitrogen and oxygen atoms in total. The fourth-order valence-corrected chi connectivity index (χ4v) is 1.19. The molecule has 0 atom stereocenters. The number of rotatable bonds is 1. The van der Waals surface area contributed by atoms with Crippen molar-refractivity contribution in [3.05, 3.63) is 21.5 Å². The molecule has 7 heteroatoms. The normalized spacial score (nSPS) is 19.1. The molecule has 0 aromatic heterocycles. The van der Waals surface area contributed by atoms with E-state index in [0.29, 0.717) is 5.71 Å². The Labute approximate surface area is 77.6 Å². The van der Waals surface area contributed by atoms with Crippen molar-refractivity contribution >= 4 is 35.5 Å². The maximum absolute atomic E-state index is 10.5. The van der Waals surface area contributed by atoms with Crippen molar-refractivity contribution in [1.82, 2.24) is 0 Å². The van der Waals surface area contributed by atoms with Crippen molar-refractivity contribution in [2.75, 3.05) is 0 Å². The predicted molar refractivity (Wildman–Crippen MR) is 51.0 cm³/mol. The van der Waals surface area contributed by atoms with Crippen molar-refractivity contribution in [3.8, 4) is 0 Å². The van der Waals surface area contributed by atoms with E-state index in [1.54, 1.807) is 0 Å². The number of allylic oxidation sites excluding steroid dienone is 1. The lowest BCUT2D eigenvalue weighted by molar-refractivity contribution is -0.415. The summed E-state index contributed by atoms with van der Waals surface area (Å²) in [6.07, 6.45) is 2.33. The highest BCUT2D eigenvalue weighted by Gasteiger charge is 2.29. The summed E-state index contributed by atoms with van der Waals surface area (Å²) in [6, 6.07) is 0. The van der Waals surface area contributed by atoms with Crippen LogP contribution >= 0.6 is 12.2 Å². The standard InChI is InChI=1S/C6H2N4O2S/c11-10(12)3-1-7-6(13)5-4(3)8-2-9-5/h1-2H. The van der Waals surface area contributed by atoms with Gasteiger partial charge in [0.15, 0.2) is 10.7 Å². The van der Waals surface area contributed by atoms with Crippen molar-refractivity contribution in [2.24, 2.45) is 15.0 Å². The summed E-state index contributed by atoms with van der Waals surface area (Å²) in [5, 5.41) is 10.5. The zero-order valence-corrected chi connectivity index (χ0v) is 6.98. The van der Waals surface area contributed by atoms with Crippen LogP contribution in [0, 0.1) is 10.1 Å². The first-order valence-corrected chi connectivity index (χ1v) is 3.69. The fourth-order valence-electron chi connectivity index (χ4n) is 0.986. The minimum absolute atomic E-state index is 0.166. The molecule has 0 radical (unpaired) electrons. The Kier molecular flexibility index (Phi) is 1.59. The Hall–Kier alpha value is -1.76. The number of hydrogen-bond acceptors (Lipinski definition) is 5. The summed E-state index contributed by atoms with van der Waals surface area (Å²) in [7, 11) is 0. The van der Waals surface area contributed by atoms with Crippen molar-refractivity contribution in [1.29, 1.82) is 0 Å². The maximum Gasteiger partial charge on any atom is 0.315 e. The van der Waals surface area contributed by atoms with E-state index in [2.05, 4.69) is 15.0 Å². The second-order valence-corrected chi connectivity index (χ2v) is 2.66. The van der Waals surface area contributed by atoms with E-state index < -0.39 is 4.92 Å². The molecule has 0 aliphatic carbocycles. The van der Waals surface area contributed by atoms with Gasteiger partial charge in [0.05, 0.1) is 4.92 Å². The zero-order valence-electron chi connectivity index (χ0n) is 6.17. The van der Waals surface area contributed by atoms with E-state index in [1.807, 2.05) is 0 Å². The predicted octanol–water partition coefficient (Wildman–Crippen LogP) is 0.369. The van der Waals surface area contributed by atoms with Crippen LogP contribution in [0.1, 0.15) is 0 Å². The van der Waals surface area contributed by atoms with Gasteiger partial charge in [-0.25, -0.2) is 15.0 Å². The third-order valence-corrected chi connectivity index (χ3v) is 1.84. The molecule has 0 aromatic rings. The Morgan fingerprint density at radius 2 is 2.23 bits per heavy atom. The molecular weight excluding hydrogens is 192 g/mol. The molecular formula is C6H2N4O2S. The summed E-state index contributed by atoms with van der Waals surface area (Å²) in [5.41, 5.74) is 0.343. The SMILES string of the molecule is O=[N+]([O-])C1=C2N=CN=C2C(=S)N=C1. The Morgan fingerprint density at radius 3 is 2.92 bits per heavy atom. The lowest BCUT2D eigenvalue weighted by atomic mass is 10.2. The molecule has 0 fully saturated rings. The minimum atomic E-state index is -0.557. The number of dihydropyridines is 1. The molecule has 2 aliphatic heterocycles. The first-order chi connectivity index (χ1) is 6.20. The Bertz CT molecular complexity index is 432. The Balaban J connectivity index is 2.60. The van der Waals surface area contributed by atoms with Crippen LogP contribution in [0.15, 0.2) is 26.4 Å². The van der Waals surface area contributed by atoms with Gasteiger partial charge in [-0.15, -0.1) is 0 Å². The van der Waals surface area contributed by atoms with E-state index in [4.69, 9.17) is 12.2 Å². The number of fused-ring (bicyclic) bond motifs is 1. The largest absolute Gasteiger partial charge is 0.315 e. The highest BCUT2D eigenvalue weighted by atomic mass is 32.1. The van der Waals surface area contributed by atoms with Crippen molar-refractivity contribution in [3.63, 3.8) is 0 Å². The second-order valence-electron chi connectivity index (χ2n) is 2.28. The topological polar surface area (TPSA) is 80.2 Å². The van der Waals surface area contributed by atoms with Gasteiger partial charge in [-0.3, -0.25) is 10.1 Å². The number of aliphatic imine (C=N–C) groups is 3. The van der Waals surface area contributed by atoms with E-state index in [1.165, 1.54) is 6.34 Å². The van der Waals surface area contributed by atoms with Crippen LogP contribution < -0.4 is 0 Å². The van der Waals surface area contributed by atoms with Crippen LogP contribution in [0.5, 0.6) is 0 Å². The third kappa shape index (κ3) is 1.09. The first-order valence-electron chi connectivity index (χ1n) is 3.28. The molecule has 2 aliphatic rings. The average molecular weight is 194 g/mol. The molecule has 0 unspecified atom stereocenters. The number of hydrogen-bond donors (Lipinski definition) is 0. The van der Waals surface area contributed by atoms with Gasteiger partial charge in [0, 0.05) is 0 Å². The first kappa shape index (κ1) is 7.87. The summed E-state index contributed by atoms with van der Waals surface area (Å²) < 4.78 is 0. The summed E-state index contributed by atoms with van der Waals surface area (Å²) in [6.45, 7) is 0. The van der Waals surface area contributed by atoms with Crippen LogP contribution in [0.3, 0.4) is 0 Å². The van der Waals surface area contributed by atoms with Crippen LogP contribution in [0.2, 0.25) is 0 Å². The van der Waals surface area contributed by atoms with Gasteiger partial charge in [0.25, 0.3) is 0 Å². The average Bonchev–Trinajstić information content (AvgIpc) is 2.53. The highest BCUT2D eigenvalue weighted by Crippen LogP contribution is 2.17. The smallest absolute Gasteiger partial charge is 0.258 e. The van der Waals surface area contributed by atoms with Crippen LogP contribution in [-0.2, 0) is 0 Å². The Morgan fingerprint density at radius 1 is 1.46 bits per heavy atom. The summed E-state index contributed by atoms with van der Waals surface area (Å²) >= 11 is 4.82. The molecule has 2 heterocycles. The van der Waals surface area contributed by atoms with Crippen LogP contribution in [0.4, 0.5) is 0 Å². The quantitative estimate of drug-likeness (QED) is 0.343. The van der Waals surface area contributed by atoms with Gasteiger partial charge in [0.1, 0.15) is 18.3 Å². The molecule has 0 amide bonds. The van der Waals surface area contributed by atoms with Crippen molar-refractivity contribution < 1.29 is 4.92 Å². The van der Waals surface area contributed by atoms with E-state index >= 15 is 0 Å². The monoisotopic (exact) mass is 194 g/mol. The maximum atomic E-state index is 10.5. The van der Waals surface area contributed by atoms with Crippen LogP contribution in [-0.4, -0.2) is 28.2 Å². The van der Waals surface area contributed by atoms with Gasteiger partial charge in [0.2, 0.25) is 0 Å². The molecule has 0 bridgehead atoms. The molecule has 2 rings (SSSR count). The van der Waals surface area contributed by atoms with Gasteiger partial charge < -0.3 is 0 Å². The molecule has 0 spiro atoms. The molecule has 0 saturated carbocycles. The third-order valence-electron chi connectivity index (χ3n) is 1.54. The molecule has 64 valence electrons. The second kappa shape index (κ2) is 2.63. The molecule has 0 N–H and O–H groups in total. The molecule has 13 heavy (non-hydrogen) atoms. The minimum Gasteiger partial charge on any atom is -0.258 e. The molecule has 0 saturated heterocycles. The van der Waals surface area contributed by atoms with E-state index in [9.17, 15) is 10.1 Å². The van der Waals surface area contributed by atoms with E-state index in [0.717, 1.165) is 6.21 Å². The number of nitrogens with zero attached hydrogens (tertiary/aromatic N) is 4. The lowest BCUT2D eigenvalue weighted by Crippen LogP contribution is -2.19. The van der Waals surface area contributed by atoms with Gasteiger partial charge in [-0.1, -0.05) is 12.2 Å². The number of thiocarbonyl (C=S) groups is 1. The molecule has 0 aromatic carbocycles. The van der Waals surface area contributed by atoms with E-state index in [-0.39, 0.29) is 16.4 Å².